The maximum Gasteiger partial charge on any atom is 0.0463 e. The van der Waals surface area contributed by atoms with Crippen LogP contribution in [0.25, 0.3) is 12.2 Å². The van der Waals surface area contributed by atoms with Gasteiger partial charge in [-0.1, -0.05) is 151 Å². The van der Waals surface area contributed by atoms with E-state index in [2.05, 4.69) is 245 Å². The van der Waals surface area contributed by atoms with Gasteiger partial charge in [-0.3, -0.25) is 0 Å². The van der Waals surface area contributed by atoms with Crippen LogP contribution in [0.3, 0.4) is 0 Å². The minimum atomic E-state index is 1.07. The summed E-state index contributed by atoms with van der Waals surface area (Å²) in [5.74, 6) is 0. The van der Waals surface area contributed by atoms with Crippen molar-refractivity contribution >= 4 is 110 Å². The second-order valence-electron chi connectivity index (χ2n) is 14.1. The van der Waals surface area contributed by atoms with Crippen LogP contribution in [0.4, 0.5) is 34.1 Å². The van der Waals surface area contributed by atoms with Crippen molar-refractivity contribution < 1.29 is 0 Å². The number of hydrogen-bond acceptors (Lipinski definition) is 2. The molecule has 0 saturated carbocycles. The molecule has 0 spiro atoms. The van der Waals surface area contributed by atoms with Crippen LogP contribution in [0.5, 0.6) is 0 Å². The number of anilines is 6. The molecule has 7 rings (SSSR count). The van der Waals surface area contributed by atoms with E-state index in [0.29, 0.717) is 0 Å². The van der Waals surface area contributed by atoms with Gasteiger partial charge in [0.25, 0.3) is 0 Å². The quantitative estimate of drug-likeness (QED) is 0.100. The smallest absolute Gasteiger partial charge is 0.0463 e. The van der Waals surface area contributed by atoms with Gasteiger partial charge < -0.3 is 9.80 Å². The largest absolute Gasteiger partial charge is 0.311 e. The number of nitrogens with zero attached hydrogens (tertiary/aromatic N) is 2. The molecule has 0 unspecified atom stereocenters. The predicted octanol–water partition coefficient (Wildman–Crippen LogP) is 18.2. The second-order valence-corrected chi connectivity index (χ2v) is 17.8. The van der Waals surface area contributed by atoms with Gasteiger partial charge in [0.2, 0.25) is 0 Å². The Balaban J connectivity index is 0.000000295. The summed E-state index contributed by atoms with van der Waals surface area (Å²) in [6, 6.07) is 60.5. The minimum Gasteiger partial charge on any atom is -0.311 e. The van der Waals surface area contributed by atoms with Crippen molar-refractivity contribution in [2.75, 3.05) is 9.80 Å². The van der Waals surface area contributed by atoms with Crippen molar-refractivity contribution in [3.63, 3.8) is 0 Å². The van der Waals surface area contributed by atoms with Gasteiger partial charge in [-0.25, -0.2) is 0 Å². The van der Waals surface area contributed by atoms with Gasteiger partial charge >= 0.3 is 0 Å². The number of rotatable bonds is 14. The Morgan fingerprint density at radius 3 is 0.810 bits per heavy atom. The Hall–Kier alpha value is -4.20. The standard InChI is InChI=1S/C38H38Br2N2.C14H10Br2/c1-3-5-7-29-9-17-33(18-10-29)41(35-21-13-31(39)14-22-35)37-25-27-38(28-26-37)42(36-23-15-32(40)16-24-36)34-19-11-30(12-20-34)8-6-4-2;15-13-7-3-11(4-8-13)1-2-12-5-9-14(16)10-6-12/h9-28H,3-8H2,1-2H3;1-10H/b;2-1+. The van der Waals surface area contributed by atoms with Gasteiger partial charge in [0.05, 0.1) is 0 Å². The van der Waals surface area contributed by atoms with Crippen molar-refractivity contribution in [2.24, 2.45) is 0 Å². The van der Waals surface area contributed by atoms with Crippen LogP contribution >= 0.6 is 63.7 Å². The van der Waals surface area contributed by atoms with Gasteiger partial charge in [-0.2, -0.15) is 0 Å². The third-order valence-electron chi connectivity index (χ3n) is 9.77. The first kappa shape index (κ1) is 43.4. The highest BCUT2D eigenvalue weighted by molar-refractivity contribution is 9.11. The van der Waals surface area contributed by atoms with Crippen LogP contribution in [0.1, 0.15) is 61.8 Å². The highest BCUT2D eigenvalue weighted by Gasteiger charge is 2.16. The molecule has 7 aromatic carbocycles. The molecule has 0 aliphatic rings. The Kier molecular flexibility index (Phi) is 16.6. The summed E-state index contributed by atoms with van der Waals surface area (Å²) < 4.78 is 4.35. The van der Waals surface area contributed by atoms with Crippen molar-refractivity contribution in [2.45, 2.75) is 52.4 Å². The van der Waals surface area contributed by atoms with E-state index in [0.717, 1.165) is 64.9 Å². The SMILES string of the molecule is Brc1ccc(/C=C/c2ccc(Br)cc2)cc1.CCCCc1ccc(N(c2ccc(Br)cc2)c2ccc(N(c3ccc(Br)cc3)c3ccc(CCCC)cc3)cc2)cc1. The molecule has 0 radical (unpaired) electrons. The monoisotopic (exact) mass is 1020 g/mol. The van der Waals surface area contributed by atoms with Crippen molar-refractivity contribution in [3.8, 4) is 0 Å². The second kappa shape index (κ2) is 22.2. The van der Waals surface area contributed by atoms with E-state index in [1.807, 2.05) is 24.3 Å². The normalized spacial score (nSPS) is 10.9. The fourth-order valence-electron chi connectivity index (χ4n) is 6.55. The van der Waals surface area contributed by atoms with E-state index >= 15 is 0 Å². The van der Waals surface area contributed by atoms with Gasteiger partial charge in [0.1, 0.15) is 0 Å². The Labute approximate surface area is 379 Å². The summed E-state index contributed by atoms with van der Waals surface area (Å²) in [6.45, 7) is 4.49. The van der Waals surface area contributed by atoms with Crippen molar-refractivity contribution in [1.82, 2.24) is 0 Å². The molecule has 0 aliphatic carbocycles. The van der Waals surface area contributed by atoms with E-state index in [4.69, 9.17) is 0 Å². The maximum atomic E-state index is 3.60. The molecule has 0 bridgehead atoms. The van der Waals surface area contributed by atoms with Crippen LogP contribution in [-0.2, 0) is 12.8 Å². The lowest BCUT2D eigenvalue weighted by Gasteiger charge is -2.28. The van der Waals surface area contributed by atoms with Crippen LogP contribution in [0.15, 0.2) is 188 Å². The molecule has 0 heterocycles. The third kappa shape index (κ3) is 12.6. The van der Waals surface area contributed by atoms with Crippen molar-refractivity contribution in [1.29, 1.82) is 0 Å². The lowest BCUT2D eigenvalue weighted by Crippen LogP contribution is -2.12. The molecule has 0 fully saturated rings. The van der Waals surface area contributed by atoms with E-state index in [9.17, 15) is 0 Å². The van der Waals surface area contributed by atoms with Gasteiger partial charge in [-0.05, 0) is 169 Å². The third-order valence-corrected chi connectivity index (χ3v) is 11.9. The average molecular weight is 1020 g/mol. The first-order valence-electron chi connectivity index (χ1n) is 19.9. The highest BCUT2D eigenvalue weighted by Crippen LogP contribution is 2.40. The highest BCUT2D eigenvalue weighted by atomic mass is 79.9. The number of aryl methyl sites for hydroxylation is 2. The summed E-state index contributed by atoms with van der Waals surface area (Å²) in [4.78, 5) is 4.65. The van der Waals surface area contributed by atoms with E-state index in [-0.39, 0.29) is 0 Å². The predicted molar refractivity (Wildman–Crippen MR) is 266 cm³/mol. The van der Waals surface area contributed by atoms with Crippen molar-refractivity contribution in [3.05, 3.63) is 210 Å². The molecule has 0 aliphatic heterocycles. The molecule has 6 heteroatoms. The molecule has 58 heavy (non-hydrogen) atoms. The first-order valence-corrected chi connectivity index (χ1v) is 23.1. The zero-order chi connectivity index (χ0) is 40.7. The minimum absolute atomic E-state index is 1.07. The molecule has 2 nitrogen and oxygen atoms in total. The number of hydrogen-bond donors (Lipinski definition) is 0. The Morgan fingerprint density at radius 2 is 0.552 bits per heavy atom. The lowest BCUT2D eigenvalue weighted by atomic mass is 10.1. The maximum absolute atomic E-state index is 3.60. The van der Waals surface area contributed by atoms with Gasteiger partial charge in [0, 0.05) is 52.0 Å². The first-order chi connectivity index (χ1) is 28.3. The molecule has 0 N–H and O–H groups in total. The molecule has 294 valence electrons. The van der Waals surface area contributed by atoms with E-state index < -0.39 is 0 Å². The van der Waals surface area contributed by atoms with E-state index in [1.165, 1.54) is 47.9 Å². The molecular formula is C52H48Br4N2. The van der Waals surface area contributed by atoms with Gasteiger partial charge in [0.15, 0.2) is 0 Å². The molecular weight excluding hydrogens is 972 g/mol. The van der Waals surface area contributed by atoms with E-state index in [1.54, 1.807) is 0 Å². The number of halogens is 4. The van der Waals surface area contributed by atoms with Crippen LogP contribution < -0.4 is 9.80 Å². The van der Waals surface area contributed by atoms with Crippen LogP contribution in [0, 0.1) is 0 Å². The average Bonchev–Trinajstić information content (AvgIpc) is 3.26. The molecule has 7 aromatic rings. The molecule has 0 aromatic heterocycles. The Morgan fingerprint density at radius 1 is 0.328 bits per heavy atom. The topological polar surface area (TPSA) is 6.48 Å². The van der Waals surface area contributed by atoms with Crippen LogP contribution in [0.2, 0.25) is 0 Å². The summed E-state index contributed by atoms with van der Waals surface area (Å²) in [5, 5.41) is 0. The molecule has 0 saturated heterocycles. The summed E-state index contributed by atoms with van der Waals surface area (Å²) in [6.07, 6.45) is 11.3. The molecule has 0 amide bonds. The summed E-state index contributed by atoms with van der Waals surface area (Å²) in [5.41, 5.74) is 12.0. The fourth-order valence-corrected chi connectivity index (χ4v) is 7.61. The molecule has 0 atom stereocenters. The zero-order valence-corrected chi connectivity index (χ0v) is 39.3. The van der Waals surface area contributed by atoms with Gasteiger partial charge in [-0.15, -0.1) is 0 Å². The number of benzene rings is 7. The van der Waals surface area contributed by atoms with Crippen LogP contribution in [-0.4, -0.2) is 0 Å². The fraction of sp³-hybridized carbons (Fsp3) is 0.154. The summed E-state index contributed by atoms with van der Waals surface area (Å²) >= 11 is 14.0. The summed E-state index contributed by atoms with van der Waals surface area (Å²) in [7, 11) is 0. The zero-order valence-electron chi connectivity index (χ0n) is 33.0. The Bertz CT molecular complexity index is 2130. The lowest BCUT2D eigenvalue weighted by molar-refractivity contribution is 0.795. The number of unbranched alkanes of at least 4 members (excludes halogenated alkanes) is 2.